The summed E-state index contributed by atoms with van der Waals surface area (Å²) in [7, 11) is 0. The summed E-state index contributed by atoms with van der Waals surface area (Å²) in [4.78, 5) is 26.0. The van der Waals surface area contributed by atoms with Crippen LogP contribution in [0.5, 0.6) is 5.75 Å². The van der Waals surface area contributed by atoms with Crippen LogP contribution in [-0.4, -0.2) is 59.6 Å². The molecule has 2 aliphatic rings. The van der Waals surface area contributed by atoms with Crippen LogP contribution in [0.3, 0.4) is 0 Å². The summed E-state index contributed by atoms with van der Waals surface area (Å²) in [6.07, 6.45) is 9.79. The number of nitrogens with two attached hydrogens (primary N) is 1. The van der Waals surface area contributed by atoms with Gasteiger partial charge in [-0.3, -0.25) is 4.79 Å². The van der Waals surface area contributed by atoms with Gasteiger partial charge >= 0.3 is 0 Å². The van der Waals surface area contributed by atoms with Crippen molar-refractivity contribution in [2.24, 2.45) is 11.7 Å². The number of aryl methyl sites for hydroxylation is 2. The van der Waals surface area contributed by atoms with Crippen LogP contribution >= 0.6 is 11.6 Å². The van der Waals surface area contributed by atoms with Crippen LogP contribution in [-0.2, 0) is 0 Å². The van der Waals surface area contributed by atoms with Gasteiger partial charge in [-0.2, -0.15) is 0 Å². The Morgan fingerprint density at radius 1 is 1.12 bits per heavy atom. The van der Waals surface area contributed by atoms with Crippen LogP contribution in [0.1, 0.15) is 60.0 Å². The summed E-state index contributed by atoms with van der Waals surface area (Å²) in [5, 5.41) is 0.567. The molecule has 4 rings (SSSR count). The number of anilines is 1. The summed E-state index contributed by atoms with van der Waals surface area (Å²) in [5.74, 6) is 2.41. The molecule has 7 nitrogen and oxygen atoms in total. The lowest BCUT2D eigenvalue weighted by Crippen LogP contribution is -2.40. The van der Waals surface area contributed by atoms with Crippen LogP contribution in [0.2, 0.25) is 5.02 Å². The van der Waals surface area contributed by atoms with Gasteiger partial charge in [0.05, 0.1) is 24.0 Å². The van der Waals surface area contributed by atoms with Crippen LogP contribution < -0.4 is 15.4 Å². The first-order valence-corrected chi connectivity index (χ1v) is 12.8. The van der Waals surface area contributed by atoms with E-state index in [9.17, 15) is 4.79 Å². The molecule has 1 amide bonds. The zero-order valence-corrected chi connectivity index (χ0v) is 21.1. The van der Waals surface area contributed by atoms with Gasteiger partial charge in [-0.15, -0.1) is 0 Å². The third-order valence-electron chi connectivity index (χ3n) is 7.16. The molecule has 8 heteroatoms. The van der Waals surface area contributed by atoms with Crippen molar-refractivity contribution >= 4 is 23.5 Å². The number of carbonyl (C=O) groups excluding carboxylic acids is 1. The molecule has 0 radical (unpaired) electrons. The van der Waals surface area contributed by atoms with Crippen molar-refractivity contribution in [1.29, 1.82) is 0 Å². The zero-order chi connectivity index (χ0) is 24.1. The molecule has 2 saturated heterocycles. The molecular formula is C26H36ClN5O2. The summed E-state index contributed by atoms with van der Waals surface area (Å²) < 4.78 is 6.08. The number of rotatable bonds is 8. The second-order valence-corrected chi connectivity index (χ2v) is 10.0. The van der Waals surface area contributed by atoms with Crippen molar-refractivity contribution in [2.45, 2.75) is 58.4 Å². The van der Waals surface area contributed by atoms with Crippen molar-refractivity contribution in [3.05, 3.63) is 46.2 Å². The first-order valence-electron chi connectivity index (χ1n) is 12.4. The molecule has 0 saturated carbocycles. The molecule has 1 aromatic heterocycles. The Morgan fingerprint density at radius 2 is 1.79 bits per heavy atom. The highest BCUT2D eigenvalue weighted by Gasteiger charge is 2.30. The number of benzene rings is 1. The van der Waals surface area contributed by atoms with Gasteiger partial charge in [-0.25, -0.2) is 9.97 Å². The maximum atomic E-state index is 13.1. The Labute approximate surface area is 207 Å². The minimum absolute atomic E-state index is 0.102. The van der Waals surface area contributed by atoms with Crippen LogP contribution in [0.15, 0.2) is 24.5 Å². The van der Waals surface area contributed by atoms with E-state index in [0.717, 1.165) is 86.5 Å². The molecule has 0 aliphatic carbocycles. The van der Waals surface area contributed by atoms with Crippen molar-refractivity contribution in [3.63, 3.8) is 0 Å². The lowest BCUT2D eigenvalue weighted by molar-refractivity contribution is 0.0739. The first kappa shape index (κ1) is 24.7. The average molecular weight is 486 g/mol. The topological polar surface area (TPSA) is 84.6 Å². The van der Waals surface area contributed by atoms with Crippen molar-refractivity contribution in [1.82, 2.24) is 14.9 Å². The number of likely N-dealkylation sites (tertiary alicyclic amines) is 1. The minimum Gasteiger partial charge on any atom is -0.494 e. The number of hydrogen-bond acceptors (Lipinski definition) is 6. The van der Waals surface area contributed by atoms with Gasteiger partial charge in [-0.05, 0) is 81.5 Å². The number of aromatic nitrogens is 2. The van der Waals surface area contributed by atoms with E-state index >= 15 is 0 Å². The molecule has 1 atom stereocenters. The van der Waals surface area contributed by atoms with Gasteiger partial charge in [0.1, 0.15) is 5.75 Å². The summed E-state index contributed by atoms with van der Waals surface area (Å²) >= 11 is 5.89. The molecule has 184 valence electrons. The Kier molecular flexibility index (Phi) is 8.27. The number of hydrogen-bond donors (Lipinski definition) is 1. The highest BCUT2D eigenvalue weighted by molar-refractivity contribution is 6.30. The first-order chi connectivity index (χ1) is 16.5. The third kappa shape index (κ3) is 5.81. The maximum absolute atomic E-state index is 13.1. The second-order valence-electron chi connectivity index (χ2n) is 9.58. The number of halogens is 1. The fourth-order valence-electron chi connectivity index (χ4n) is 5.29. The third-order valence-corrected chi connectivity index (χ3v) is 7.35. The highest BCUT2D eigenvalue weighted by atomic mass is 35.5. The minimum atomic E-state index is 0.102. The fraction of sp³-hybridized carbons (Fsp3) is 0.577. The number of nitrogens with zero attached hydrogens (tertiary/aromatic N) is 4. The van der Waals surface area contributed by atoms with E-state index in [2.05, 4.69) is 14.9 Å². The normalized spacial score (nSPS) is 19.0. The number of carbonyl (C=O) groups is 1. The summed E-state index contributed by atoms with van der Waals surface area (Å²) in [5.41, 5.74) is 8.61. The van der Waals surface area contributed by atoms with Gasteiger partial charge in [0, 0.05) is 37.8 Å². The molecule has 2 aliphatic heterocycles. The molecule has 2 fully saturated rings. The van der Waals surface area contributed by atoms with Crippen LogP contribution in [0.4, 0.5) is 5.95 Å². The highest BCUT2D eigenvalue weighted by Crippen LogP contribution is 2.28. The SMILES string of the molecule is Cc1cc(OCCCC2CCN(c3ncc(Cl)cn3)CC2)cc(C)c1C(=O)N1CCCC1CN. The summed E-state index contributed by atoms with van der Waals surface area (Å²) in [6, 6.07) is 4.16. The van der Waals surface area contributed by atoms with Gasteiger partial charge < -0.3 is 20.3 Å². The van der Waals surface area contributed by atoms with E-state index in [1.165, 1.54) is 0 Å². The van der Waals surface area contributed by atoms with E-state index in [4.69, 9.17) is 22.1 Å². The van der Waals surface area contributed by atoms with E-state index in [1.54, 1.807) is 12.4 Å². The second kappa shape index (κ2) is 11.4. The Bertz CT molecular complexity index is 953. The predicted molar refractivity (Wildman–Crippen MR) is 136 cm³/mol. The van der Waals surface area contributed by atoms with E-state index < -0.39 is 0 Å². The monoisotopic (exact) mass is 485 g/mol. The molecule has 34 heavy (non-hydrogen) atoms. The van der Waals surface area contributed by atoms with E-state index in [1.807, 2.05) is 30.9 Å². The Balaban J connectivity index is 1.23. The van der Waals surface area contributed by atoms with E-state index in [-0.39, 0.29) is 11.9 Å². The van der Waals surface area contributed by atoms with Crippen molar-refractivity contribution in [2.75, 3.05) is 37.7 Å². The van der Waals surface area contributed by atoms with Gasteiger partial charge in [0.25, 0.3) is 5.91 Å². The Morgan fingerprint density at radius 3 is 2.44 bits per heavy atom. The Hall–Kier alpha value is -2.38. The fourth-order valence-corrected chi connectivity index (χ4v) is 5.39. The largest absolute Gasteiger partial charge is 0.494 e. The van der Waals surface area contributed by atoms with Crippen LogP contribution in [0, 0.1) is 19.8 Å². The molecule has 2 aromatic rings. The molecule has 1 aromatic carbocycles. The number of piperidine rings is 1. The molecular weight excluding hydrogens is 450 g/mol. The number of amides is 1. The van der Waals surface area contributed by atoms with E-state index in [0.29, 0.717) is 24.1 Å². The smallest absolute Gasteiger partial charge is 0.254 e. The van der Waals surface area contributed by atoms with Crippen LogP contribution in [0.25, 0.3) is 0 Å². The lowest BCUT2D eigenvalue weighted by Gasteiger charge is -2.32. The van der Waals surface area contributed by atoms with Gasteiger partial charge in [-0.1, -0.05) is 11.6 Å². The zero-order valence-electron chi connectivity index (χ0n) is 20.3. The standard InChI is InChI=1S/C26H36ClN5O2/c1-18-13-23(14-19(2)24(18)25(33)32-9-3-6-22(32)15-28)34-12-4-5-20-7-10-31(11-8-20)26-29-16-21(27)17-30-26/h13-14,16-17,20,22H,3-12,15,28H2,1-2H3. The quantitative estimate of drug-likeness (QED) is 0.558. The van der Waals surface area contributed by atoms with Crippen molar-refractivity contribution < 1.29 is 9.53 Å². The van der Waals surface area contributed by atoms with Gasteiger partial charge in [0.15, 0.2) is 0 Å². The average Bonchev–Trinajstić information content (AvgIpc) is 3.31. The molecule has 3 heterocycles. The molecule has 0 spiro atoms. The van der Waals surface area contributed by atoms with Gasteiger partial charge in [0.2, 0.25) is 5.95 Å². The maximum Gasteiger partial charge on any atom is 0.254 e. The molecule has 1 unspecified atom stereocenters. The number of ether oxygens (including phenoxy) is 1. The molecule has 2 N–H and O–H groups in total. The lowest BCUT2D eigenvalue weighted by atomic mass is 9.92. The van der Waals surface area contributed by atoms with Crippen molar-refractivity contribution in [3.8, 4) is 5.75 Å². The predicted octanol–water partition coefficient (Wildman–Crippen LogP) is 4.39. The molecule has 0 bridgehead atoms. The summed E-state index contributed by atoms with van der Waals surface area (Å²) in [6.45, 7) is 7.96.